The molecule has 4 nitrogen and oxygen atoms in total. The van der Waals surface area contributed by atoms with Crippen molar-refractivity contribution in [1.82, 2.24) is 0 Å². The molecule has 0 fully saturated rings. The molecule has 0 amide bonds. The van der Waals surface area contributed by atoms with Gasteiger partial charge < -0.3 is 9.29 Å². The molecule has 0 bridgehead atoms. The van der Waals surface area contributed by atoms with Gasteiger partial charge in [-0.3, -0.25) is 0 Å². The van der Waals surface area contributed by atoms with E-state index < -0.39 is 17.0 Å². The Morgan fingerprint density at radius 1 is 0.800 bits per heavy atom. The van der Waals surface area contributed by atoms with Gasteiger partial charge in [0.1, 0.15) is 0 Å². The van der Waals surface area contributed by atoms with E-state index in [1.165, 1.54) is 102 Å². The number of hydrogen-bond acceptors (Lipinski definition) is 3. The first-order valence-corrected chi connectivity index (χ1v) is 13.1. The lowest BCUT2D eigenvalue weighted by atomic mass is 10.0. The van der Waals surface area contributed by atoms with Crippen molar-refractivity contribution in [3.63, 3.8) is 0 Å². The Morgan fingerprint density at radius 3 is 1.73 bits per heavy atom. The standard InChI is InChI=1S/C25H42O4S/c1-2-3-4-5-6-7-8-9-10-11-12-13-14-15-16-17-21-29-25(26)23-19-18-20-24(22-23)30(27)28/h18-20,22H,2-17,21H2,1H3,(H,27,28). The highest BCUT2D eigenvalue weighted by atomic mass is 32.2. The fourth-order valence-corrected chi connectivity index (χ4v) is 4.05. The van der Waals surface area contributed by atoms with Crippen molar-refractivity contribution in [2.75, 3.05) is 6.61 Å². The second kappa shape index (κ2) is 18.6. The van der Waals surface area contributed by atoms with E-state index in [-0.39, 0.29) is 4.90 Å². The molecule has 0 saturated heterocycles. The van der Waals surface area contributed by atoms with Crippen molar-refractivity contribution in [2.24, 2.45) is 0 Å². The summed E-state index contributed by atoms with van der Waals surface area (Å²) in [5.41, 5.74) is 0.325. The van der Waals surface area contributed by atoms with Crippen LogP contribution in [0.15, 0.2) is 29.2 Å². The number of ether oxygens (including phenoxy) is 1. The number of rotatable bonds is 19. The van der Waals surface area contributed by atoms with E-state index in [0.717, 1.165) is 12.8 Å². The van der Waals surface area contributed by atoms with E-state index in [2.05, 4.69) is 6.92 Å². The molecular weight excluding hydrogens is 396 g/mol. The van der Waals surface area contributed by atoms with Gasteiger partial charge in [0.25, 0.3) is 0 Å². The lowest BCUT2D eigenvalue weighted by molar-refractivity contribution is 0.0497. The molecule has 0 aliphatic carbocycles. The van der Waals surface area contributed by atoms with Gasteiger partial charge in [-0.05, 0) is 24.6 Å². The summed E-state index contributed by atoms with van der Waals surface area (Å²) in [5, 5.41) is 0. The SMILES string of the molecule is CCCCCCCCCCCCCCCCCCOC(=O)c1cccc(S(=O)O)c1. The van der Waals surface area contributed by atoms with Crippen LogP contribution in [-0.2, 0) is 15.8 Å². The van der Waals surface area contributed by atoms with Crippen molar-refractivity contribution in [3.05, 3.63) is 29.8 Å². The molecule has 1 aromatic carbocycles. The zero-order chi connectivity index (χ0) is 21.9. The van der Waals surface area contributed by atoms with Gasteiger partial charge in [0.2, 0.25) is 0 Å². The molecule has 172 valence electrons. The molecule has 1 unspecified atom stereocenters. The molecular formula is C25H42O4S. The predicted molar refractivity (Wildman–Crippen MR) is 125 cm³/mol. The summed E-state index contributed by atoms with van der Waals surface area (Å²) in [7, 11) is 0. The number of carbonyl (C=O) groups excluding carboxylic acids is 1. The first kappa shape index (κ1) is 26.8. The largest absolute Gasteiger partial charge is 0.462 e. The van der Waals surface area contributed by atoms with Crippen molar-refractivity contribution in [1.29, 1.82) is 0 Å². The van der Waals surface area contributed by atoms with Gasteiger partial charge in [0.15, 0.2) is 11.1 Å². The van der Waals surface area contributed by atoms with E-state index in [9.17, 15) is 9.00 Å². The van der Waals surface area contributed by atoms with E-state index >= 15 is 0 Å². The lowest BCUT2D eigenvalue weighted by Crippen LogP contribution is -2.07. The van der Waals surface area contributed by atoms with E-state index in [1.54, 1.807) is 12.1 Å². The van der Waals surface area contributed by atoms with Crippen LogP contribution in [0.3, 0.4) is 0 Å². The van der Waals surface area contributed by atoms with Crippen molar-refractivity contribution >= 4 is 17.0 Å². The normalized spacial score (nSPS) is 12.1. The highest BCUT2D eigenvalue weighted by Crippen LogP contribution is 2.14. The van der Waals surface area contributed by atoms with Crippen LogP contribution in [0.4, 0.5) is 0 Å². The topological polar surface area (TPSA) is 63.6 Å². The molecule has 1 aromatic rings. The van der Waals surface area contributed by atoms with Gasteiger partial charge in [-0.25, -0.2) is 9.00 Å². The summed E-state index contributed by atoms with van der Waals surface area (Å²) >= 11 is -2.08. The van der Waals surface area contributed by atoms with Crippen molar-refractivity contribution < 1.29 is 18.3 Å². The minimum absolute atomic E-state index is 0.215. The second-order valence-electron chi connectivity index (χ2n) is 8.22. The van der Waals surface area contributed by atoms with Gasteiger partial charge >= 0.3 is 5.97 Å². The van der Waals surface area contributed by atoms with Crippen LogP contribution in [0, 0.1) is 0 Å². The fourth-order valence-electron chi connectivity index (χ4n) is 3.63. The highest BCUT2D eigenvalue weighted by molar-refractivity contribution is 7.79. The van der Waals surface area contributed by atoms with Crippen LogP contribution >= 0.6 is 0 Å². The Labute approximate surface area is 186 Å². The third-order valence-corrected chi connectivity index (χ3v) is 6.16. The second-order valence-corrected chi connectivity index (χ2v) is 9.19. The van der Waals surface area contributed by atoms with Gasteiger partial charge in [0, 0.05) is 0 Å². The minimum atomic E-state index is -2.08. The molecule has 0 radical (unpaired) electrons. The molecule has 0 aliphatic heterocycles. The Kier molecular flexibility index (Phi) is 16.6. The number of carbonyl (C=O) groups is 1. The first-order valence-electron chi connectivity index (χ1n) is 12.0. The summed E-state index contributed by atoms with van der Waals surface area (Å²) in [5.74, 6) is -0.428. The number of unbranched alkanes of at least 4 members (excludes halogenated alkanes) is 15. The molecule has 5 heteroatoms. The fraction of sp³-hybridized carbons (Fsp3) is 0.720. The van der Waals surface area contributed by atoms with Gasteiger partial charge in [-0.1, -0.05) is 109 Å². The first-order chi connectivity index (χ1) is 14.6. The maximum atomic E-state index is 12.0. The van der Waals surface area contributed by atoms with Crippen LogP contribution in [0.2, 0.25) is 0 Å². The lowest BCUT2D eigenvalue weighted by Gasteiger charge is -2.06. The summed E-state index contributed by atoms with van der Waals surface area (Å²) in [6.45, 7) is 2.68. The van der Waals surface area contributed by atoms with Crippen molar-refractivity contribution in [3.8, 4) is 0 Å². The molecule has 30 heavy (non-hydrogen) atoms. The molecule has 0 spiro atoms. The number of esters is 1. The van der Waals surface area contributed by atoms with E-state index in [0.29, 0.717) is 12.2 Å². The zero-order valence-electron chi connectivity index (χ0n) is 18.9. The Morgan fingerprint density at radius 2 is 1.27 bits per heavy atom. The average molecular weight is 439 g/mol. The van der Waals surface area contributed by atoms with Gasteiger partial charge in [0.05, 0.1) is 17.1 Å². The number of hydrogen-bond donors (Lipinski definition) is 1. The monoisotopic (exact) mass is 438 g/mol. The number of benzene rings is 1. The van der Waals surface area contributed by atoms with Crippen LogP contribution in [0.5, 0.6) is 0 Å². The Bertz CT molecular complexity index is 588. The average Bonchev–Trinajstić information content (AvgIpc) is 2.75. The third kappa shape index (κ3) is 13.9. The van der Waals surface area contributed by atoms with E-state index in [1.807, 2.05) is 0 Å². The molecule has 0 heterocycles. The minimum Gasteiger partial charge on any atom is -0.462 e. The van der Waals surface area contributed by atoms with Crippen LogP contribution in [-0.4, -0.2) is 21.3 Å². The Hall–Kier alpha value is -1.20. The molecule has 0 aliphatic rings. The zero-order valence-corrected chi connectivity index (χ0v) is 19.7. The summed E-state index contributed by atoms with van der Waals surface area (Å²) in [6, 6.07) is 6.12. The molecule has 1 rings (SSSR count). The summed E-state index contributed by atoms with van der Waals surface area (Å²) in [6.07, 6.45) is 21.0. The Balaban J connectivity index is 1.87. The molecule has 0 aromatic heterocycles. The van der Waals surface area contributed by atoms with Gasteiger partial charge in [-0.15, -0.1) is 0 Å². The van der Waals surface area contributed by atoms with Crippen LogP contribution < -0.4 is 0 Å². The maximum Gasteiger partial charge on any atom is 0.338 e. The molecule has 0 saturated carbocycles. The van der Waals surface area contributed by atoms with E-state index in [4.69, 9.17) is 9.29 Å². The summed E-state index contributed by atoms with van der Waals surface area (Å²) in [4.78, 5) is 12.2. The van der Waals surface area contributed by atoms with Crippen molar-refractivity contribution in [2.45, 2.75) is 115 Å². The van der Waals surface area contributed by atoms with Crippen LogP contribution in [0.25, 0.3) is 0 Å². The maximum absolute atomic E-state index is 12.0. The summed E-state index contributed by atoms with van der Waals surface area (Å²) < 4.78 is 25.4. The predicted octanol–water partition coefficient (Wildman–Crippen LogP) is 7.69. The van der Waals surface area contributed by atoms with Crippen LogP contribution in [0.1, 0.15) is 120 Å². The molecule has 1 N–H and O–H groups in total. The highest BCUT2D eigenvalue weighted by Gasteiger charge is 2.09. The molecule has 1 atom stereocenters. The quantitative estimate of drug-likeness (QED) is 0.137. The third-order valence-electron chi connectivity index (χ3n) is 5.50. The van der Waals surface area contributed by atoms with Gasteiger partial charge in [-0.2, -0.15) is 0 Å². The smallest absolute Gasteiger partial charge is 0.338 e.